The number of para-hydroxylation sites is 1. The maximum absolute atomic E-state index is 5.73. The minimum Gasteiger partial charge on any atom is -0.377 e. The molecule has 0 fully saturated rings. The van der Waals surface area contributed by atoms with Gasteiger partial charge in [-0.25, -0.2) is 10.8 Å². The molecule has 3 N–H and O–H groups in total. The van der Waals surface area contributed by atoms with Crippen molar-refractivity contribution in [2.75, 3.05) is 12.0 Å². The third kappa shape index (κ3) is 3.92. The number of nitrogens with one attached hydrogen (secondary N) is 1. The van der Waals surface area contributed by atoms with E-state index in [1.165, 1.54) is 6.42 Å². The highest BCUT2D eigenvalue weighted by atomic mass is 16.5. The average Bonchev–Trinajstić information content (AvgIpc) is 2.45. The van der Waals surface area contributed by atoms with Crippen LogP contribution in [0.25, 0.3) is 10.9 Å². The van der Waals surface area contributed by atoms with Gasteiger partial charge < -0.3 is 10.2 Å². The fourth-order valence-electron chi connectivity index (χ4n) is 2.17. The molecule has 0 saturated heterocycles. The van der Waals surface area contributed by atoms with Gasteiger partial charge in [0.1, 0.15) is 5.82 Å². The van der Waals surface area contributed by atoms with Gasteiger partial charge in [0.2, 0.25) is 0 Å². The number of hydrazine groups is 1. The van der Waals surface area contributed by atoms with Gasteiger partial charge in [-0.1, -0.05) is 32.0 Å². The van der Waals surface area contributed by atoms with Crippen molar-refractivity contribution >= 4 is 16.7 Å². The Bertz CT molecular complexity index is 554. The number of nitrogens with two attached hydrogens (primary N) is 1. The van der Waals surface area contributed by atoms with Crippen molar-refractivity contribution in [3.8, 4) is 0 Å². The van der Waals surface area contributed by atoms with Crippen LogP contribution in [0.4, 0.5) is 5.82 Å². The number of nitrogen functional groups attached to an aromatic ring is 1. The summed E-state index contributed by atoms with van der Waals surface area (Å²) in [7, 11) is 0. The molecule has 0 aliphatic rings. The third-order valence-electron chi connectivity index (χ3n) is 3.27. The molecule has 0 spiro atoms. The summed E-state index contributed by atoms with van der Waals surface area (Å²) in [6.07, 6.45) is 2.28. The van der Waals surface area contributed by atoms with Crippen molar-refractivity contribution in [2.45, 2.75) is 33.3 Å². The standard InChI is InChI=1S/C16H23N3O/c1-12(2)6-5-9-20-11-14-10-13-7-3-4-8-15(13)18-16(14)19-17/h3-4,7-8,10,12H,5-6,9,11,17H2,1-2H3,(H,18,19). The second kappa shape index (κ2) is 7.22. The Morgan fingerprint density at radius 3 is 2.85 bits per heavy atom. The lowest BCUT2D eigenvalue weighted by molar-refractivity contribution is 0.115. The normalized spacial score (nSPS) is 11.2. The lowest BCUT2D eigenvalue weighted by Gasteiger charge is -2.11. The number of aromatic nitrogens is 1. The van der Waals surface area contributed by atoms with E-state index in [4.69, 9.17) is 10.6 Å². The van der Waals surface area contributed by atoms with Crippen LogP contribution < -0.4 is 11.3 Å². The first-order valence-corrected chi connectivity index (χ1v) is 7.13. The molecular formula is C16H23N3O. The van der Waals surface area contributed by atoms with Crippen molar-refractivity contribution < 1.29 is 4.74 Å². The van der Waals surface area contributed by atoms with E-state index >= 15 is 0 Å². The quantitative estimate of drug-likeness (QED) is 0.460. The van der Waals surface area contributed by atoms with Gasteiger partial charge in [0.25, 0.3) is 0 Å². The second-order valence-electron chi connectivity index (χ2n) is 5.42. The van der Waals surface area contributed by atoms with E-state index in [2.05, 4.69) is 30.3 Å². The lowest BCUT2D eigenvalue weighted by Crippen LogP contribution is -2.12. The number of rotatable bonds is 7. The van der Waals surface area contributed by atoms with Crippen LogP contribution in [-0.2, 0) is 11.3 Å². The number of hydrogen-bond acceptors (Lipinski definition) is 4. The zero-order valence-corrected chi connectivity index (χ0v) is 12.2. The molecule has 0 atom stereocenters. The molecule has 0 amide bonds. The summed E-state index contributed by atoms with van der Waals surface area (Å²) in [5.41, 5.74) is 4.59. The van der Waals surface area contributed by atoms with Gasteiger partial charge in [-0.15, -0.1) is 0 Å². The molecule has 1 heterocycles. The van der Waals surface area contributed by atoms with E-state index in [0.29, 0.717) is 12.4 Å². The molecule has 2 aromatic rings. The van der Waals surface area contributed by atoms with E-state index in [0.717, 1.165) is 35.4 Å². The molecule has 2 rings (SSSR count). The van der Waals surface area contributed by atoms with Gasteiger partial charge >= 0.3 is 0 Å². The Morgan fingerprint density at radius 1 is 1.30 bits per heavy atom. The van der Waals surface area contributed by atoms with Crippen molar-refractivity contribution in [1.29, 1.82) is 0 Å². The monoisotopic (exact) mass is 273 g/mol. The number of anilines is 1. The highest BCUT2D eigenvalue weighted by Gasteiger charge is 2.06. The highest BCUT2D eigenvalue weighted by Crippen LogP contribution is 2.20. The van der Waals surface area contributed by atoms with Crippen molar-refractivity contribution in [3.05, 3.63) is 35.9 Å². The summed E-state index contributed by atoms with van der Waals surface area (Å²) in [6.45, 7) is 5.76. The first-order chi connectivity index (χ1) is 9.70. The summed E-state index contributed by atoms with van der Waals surface area (Å²) in [6, 6.07) is 10.1. The van der Waals surface area contributed by atoms with Gasteiger partial charge in [0.05, 0.1) is 12.1 Å². The number of hydrogen-bond donors (Lipinski definition) is 2. The topological polar surface area (TPSA) is 60.2 Å². The highest BCUT2D eigenvalue weighted by molar-refractivity contribution is 5.81. The van der Waals surface area contributed by atoms with E-state index in [-0.39, 0.29) is 0 Å². The molecule has 1 aromatic heterocycles. The Labute approximate surface area is 120 Å². The summed E-state index contributed by atoms with van der Waals surface area (Å²) in [5, 5.41) is 1.10. The van der Waals surface area contributed by atoms with Crippen LogP contribution in [0.2, 0.25) is 0 Å². The number of pyridine rings is 1. The minimum absolute atomic E-state index is 0.537. The average molecular weight is 273 g/mol. The van der Waals surface area contributed by atoms with E-state index in [1.807, 2.05) is 24.3 Å². The van der Waals surface area contributed by atoms with Crippen LogP contribution in [0.3, 0.4) is 0 Å². The summed E-state index contributed by atoms with van der Waals surface area (Å²) >= 11 is 0. The molecule has 108 valence electrons. The van der Waals surface area contributed by atoms with Gasteiger partial charge in [0, 0.05) is 17.6 Å². The molecule has 0 saturated carbocycles. The minimum atomic E-state index is 0.537. The lowest BCUT2D eigenvalue weighted by atomic mass is 10.1. The number of fused-ring (bicyclic) bond motifs is 1. The zero-order chi connectivity index (χ0) is 14.4. The predicted molar refractivity (Wildman–Crippen MR) is 83.3 cm³/mol. The van der Waals surface area contributed by atoms with Crippen molar-refractivity contribution in [2.24, 2.45) is 11.8 Å². The van der Waals surface area contributed by atoms with Crippen molar-refractivity contribution in [3.63, 3.8) is 0 Å². The first kappa shape index (κ1) is 14.8. The van der Waals surface area contributed by atoms with Crippen LogP contribution in [0.1, 0.15) is 32.3 Å². The van der Waals surface area contributed by atoms with E-state index < -0.39 is 0 Å². The van der Waals surface area contributed by atoms with Crippen LogP contribution in [0, 0.1) is 5.92 Å². The zero-order valence-electron chi connectivity index (χ0n) is 12.2. The van der Waals surface area contributed by atoms with Gasteiger partial charge in [-0.2, -0.15) is 0 Å². The molecule has 0 bridgehead atoms. The summed E-state index contributed by atoms with van der Waals surface area (Å²) in [5.74, 6) is 6.96. The van der Waals surface area contributed by atoms with E-state index in [9.17, 15) is 0 Å². The summed E-state index contributed by atoms with van der Waals surface area (Å²) in [4.78, 5) is 4.50. The van der Waals surface area contributed by atoms with Crippen LogP contribution in [0.15, 0.2) is 30.3 Å². The maximum Gasteiger partial charge on any atom is 0.146 e. The molecule has 0 aliphatic carbocycles. The molecule has 4 nitrogen and oxygen atoms in total. The molecule has 0 radical (unpaired) electrons. The third-order valence-corrected chi connectivity index (χ3v) is 3.27. The van der Waals surface area contributed by atoms with Crippen LogP contribution in [0.5, 0.6) is 0 Å². The van der Waals surface area contributed by atoms with Gasteiger partial charge in [0.15, 0.2) is 0 Å². The largest absolute Gasteiger partial charge is 0.377 e. The van der Waals surface area contributed by atoms with Gasteiger partial charge in [-0.3, -0.25) is 0 Å². The number of benzene rings is 1. The summed E-state index contributed by atoms with van der Waals surface area (Å²) < 4.78 is 5.73. The van der Waals surface area contributed by atoms with Crippen LogP contribution >= 0.6 is 0 Å². The number of nitrogens with zero attached hydrogens (tertiary/aromatic N) is 1. The van der Waals surface area contributed by atoms with Gasteiger partial charge in [-0.05, 0) is 30.9 Å². The molecule has 0 aliphatic heterocycles. The Kier molecular flexibility index (Phi) is 5.32. The fourth-order valence-corrected chi connectivity index (χ4v) is 2.17. The van der Waals surface area contributed by atoms with E-state index in [1.54, 1.807) is 0 Å². The smallest absolute Gasteiger partial charge is 0.146 e. The second-order valence-corrected chi connectivity index (χ2v) is 5.42. The maximum atomic E-state index is 5.73. The molecule has 0 unspecified atom stereocenters. The number of ether oxygens (including phenoxy) is 1. The van der Waals surface area contributed by atoms with Crippen molar-refractivity contribution in [1.82, 2.24) is 4.98 Å². The Hall–Kier alpha value is -1.65. The Morgan fingerprint density at radius 2 is 2.10 bits per heavy atom. The molecule has 1 aromatic carbocycles. The van der Waals surface area contributed by atoms with Crippen LogP contribution in [-0.4, -0.2) is 11.6 Å². The Balaban J connectivity index is 2.01. The molecular weight excluding hydrogens is 250 g/mol. The SMILES string of the molecule is CC(C)CCCOCc1cc2ccccc2nc1NN. The fraction of sp³-hybridized carbons (Fsp3) is 0.438. The first-order valence-electron chi connectivity index (χ1n) is 7.13. The predicted octanol–water partition coefficient (Wildman–Crippen LogP) is 3.47. The molecule has 4 heteroatoms. The molecule has 20 heavy (non-hydrogen) atoms.